The number of hydrogen-bond donors (Lipinski definition) is 1. The molecule has 38 heavy (non-hydrogen) atoms. The van der Waals surface area contributed by atoms with Crippen molar-refractivity contribution in [3.8, 4) is 11.5 Å². The number of nitrogens with one attached hydrogen (secondary N) is 1. The van der Waals surface area contributed by atoms with Gasteiger partial charge in [0, 0.05) is 25.4 Å². The second-order valence-corrected chi connectivity index (χ2v) is 9.71. The molecule has 1 unspecified atom stereocenters. The van der Waals surface area contributed by atoms with Gasteiger partial charge in [-0.1, -0.05) is 24.3 Å². The Hall–Kier alpha value is -3.98. The van der Waals surface area contributed by atoms with Gasteiger partial charge in [0.15, 0.2) is 11.5 Å². The van der Waals surface area contributed by atoms with E-state index in [1.54, 1.807) is 9.80 Å². The Balaban J connectivity index is 1.35. The number of hydrogen-bond acceptors (Lipinski definition) is 6. The highest BCUT2D eigenvalue weighted by atomic mass is 16.7. The highest BCUT2D eigenvalue weighted by Gasteiger charge is 2.27. The molecule has 3 amide bonds. The Morgan fingerprint density at radius 3 is 2.58 bits per heavy atom. The van der Waals surface area contributed by atoms with E-state index >= 15 is 0 Å². The van der Waals surface area contributed by atoms with Crippen LogP contribution in [0, 0.1) is 13.8 Å². The smallest absolute Gasteiger partial charge is 0.322 e. The topological polar surface area (TPSA) is 93.5 Å². The molecule has 2 aliphatic rings. The molecule has 1 fully saturated rings. The molecule has 9 nitrogen and oxygen atoms in total. The molecule has 1 aromatic heterocycles. The average molecular weight is 520 g/mol. The number of anilines is 1. The van der Waals surface area contributed by atoms with Crippen LogP contribution in [0.1, 0.15) is 35.5 Å². The van der Waals surface area contributed by atoms with E-state index < -0.39 is 0 Å². The summed E-state index contributed by atoms with van der Waals surface area (Å²) in [6, 6.07) is 16.6. The molecule has 5 rings (SSSR count). The molecule has 3 heterocycles. The molecule has 1 saturated heterocycles. The molecule has 0 bridgehead atoms. The van der Waals surface area contributed by atoms with Gasteiger partial charge in [0.25, 0.3) is 0 Å². The zero-order valence-corrected chi connectivity index (χ0v) is 21.8. The number of para-hydroxylation sites is 1. The van der Waals surface area contributed by atoms with Gasteiger partial charge in [0.2, 0.25) is 12.7 Å². The largest absolute Gasteiger partial charge is 0.464 e. The molecule has 2 aromatic carbocycles. The fourth-order valence-corrected chi connectivity index (χ4v) is 4.67. The normalized spacial score (nSPS) is 15.9. The first-order valence-electron chi connectivity index (χ1n) is 12.9. The Bertz CT molecular complexity index is 1280. The monoisotopic (exact) mass is 519 g/mol. The lowest BCUT2D eigenvalue weighted by molar-refractivity contribution is -0.133. The molecule has 2 aliphatic heterocycles. The summed E-state index contributed by atoms with van der Waals surface area (Å²) < 4.78 is 22.5. The van der Waals surface area contributed by atoms with Crippen LogP contribution in [0.4, 0.5) is 10.5 Å². The minimum atomic E-state index is -0.333. The maximum Gasteiger partial charge on any atom is 0.322 e. The number of amides is 3. The summed E-state index contributed by atoms with van der Waals surface area (Å²) in [6.07, 6.45) is 1.70. The quantitative estimate of drug-likeness (QED) is 0.434. The average Bonchev–Trinajstić information content (AvgIpc) is 3.67. The second-order valence-electron chi connectivity index (χ2n) is 9.71. The number of ether oxygens (including phenoxy) is 3. The van der Waals surface area contributed by atoms with E-state index in [0.29, 0.717) is 42.6 Å². The van der Waals surface area contributed by atoms with Crippen LogP contribution in [0.2, 0.25) is 0 Å². The first-order chi connectivity index (χ1) is 18.4. The second kappa shape index (κ2) is 11.6. The fourth-order valence-electron chi connectivity index (χ4n) is 4.67. The highest BCUT2D eigenvalue weighted by Crippen LogP contribution is 2.33. The third-order valence-electron chi connectivity index (χ3n) is 6.75. The van der Waals surface area contributed by atoms with Crippen LogP contribution in [0.25, 0.3) is 0 Å². The molecular weight excluding hydrogens is 486 g/mol. The zero-order valence-electron chi connectivity index (χ0n) is 21.8. The summed E-state index contributed by atoms with van der Waals surface area (Å²) in [5.41, 5.74) is 2.55. The number of furan rings is 1. The fraction of sp³-hybridized carbons (Fsp3) is 0.379. The van der Waals surface area contributed by atoms with Gasteiger partial charge in [-0.25, -0.2) is 4.79 Å². The summed E-state index contributed by atoms with van der Waals surface area (Å²) in [6.45, 7) is 5.48. The number of aryl methyl sites for hydroxylation is 2. The van der Waals surface area contributed by atoms with Crippen molar-refractivity contribution >= 4 is 17.6 Å². The van der Waals surface area contributed by atoms with Crippen LogP contribution < -0.4 is 14.8 Å². The van der Waals surface area contributed by atoms with Gasteiger partial charge in [0.1, 0.15) is 18.1 Å². The number of carbonyl (C=O) groups excluding carboxylic acids is 2. The van der Waals surface area contributed by atoms with Crippen molar-refractivity contribution in [2.45, 2.75) is 45.9 Å². The van der Waals surface area contributed by atoms with Crippen LogP contribution in [0.5, 0.6) is 11.5 Å². The van der Waals surface area contributed by atoms with Gasteiger partial charge in [-0.2, -0.15) is 0 Å². The van der Waals surface area contributed by atoms with E-state index in [0.717, 1.165) is 29.7 Å². The number of rotatable bonds is 9. The van der Waals surface area contributed by atoms with Crippen molar-refractivity contribution in [2.75, 3.05) is 31.8 Å². The third kappa shape index (κ3) is 6.28. The lowest BCUT2D eigenvalue weighted by Gasteiger charge is -2.29. The molecule has 0 radical (unpaired) electrons. The molecule has 9 heteroatoms. The van der Waals surface area contributed by atoms with Crippen LogP contribution >= 0.6 is 0 Å². The SMILES string of the molecule is Cc1ccc(CN(Cc2ccc3c(c2)OCO3)C(=O)CN(CC2CCCO2)C(=O)Nc2ccccc2C)o1. The van der Waals surface area contributed by atoms with E-state index in [1.807, 2.05) is 68.4 Å². The first-order valence-corrected chi connectivity index (χ1v) is 12.9. The van der Waals surface area contributed by atoms with Crippen molar-refractivity contribution in [1.82, 2.24) is 9.80 Å². The Morgan fingerprint density at radius 2 is 1.82 bits per heavy atom. The summed E-state index contributed by atoms with van der Waals surface area (Å²) in [4.78, 5) is 30.4. The van der Waals surface area contributed by atoms with Crippen LogP contribution in [-0.4, -0.2) is 54.3 Å². The van der Waals surface area contributed by atoms with Crippen molar-refractivity contribution < 1.29 is 28.2 Å². The maximum atomic E-state index is 13.8. The highest BCUT2D eigenvalue weighted by molar-refractivity contribution is 5.93. The van der Waals surface area contributed by atoms with Crippen LogP contribution in [-0.2, 0) is 22.6 Å². The van der Waals surface area contributed by atoms with Crippen molar-refractivity contribution in [3.05, 3.63) is 77.2 Å². The number of carbonyl (C=O) groups is 2. The lowest BCUT2D eigenvalue weighted by Crippen LogP contribution is -2.46. The van der Waals surface area contributed by atoms with Crippen molar-refractivity contribution in [2.24, 2.45) is 0 Å². The minimum absolute atomic E-state index is 0.0954. The van der Waals surface area contributed by atoms with E-state index in [2.05, 4.69) is 5.32 Å². The lowest BCUT2D eigenvalue weighted by atomic mass is 10.1. The first kappa shape index (κ1) is 25.7. The Morgan fingerprint density at radius 1 is 0.974 bits per heavy atom. The van der Waals surface area contributed by atoms with Crippen molar-refractivity contribution in [1.29, 1.82) is 0 Å². The minimum Gasteiger partial charge on any atom is -0.464 e. The molecule has 3 aromatic rings. The van der Waals surface area contributed by atoms with E-state index in [-0.39, 0.29) is 37.9 Å². The summed E-state index contributed by atoms with van der Waals surface area (Å²) in [5.74, 6) is 2.58. The van der Waals surface area contributed by atoms with E-state index in [4.69, 9.17) is 18.6 Å². The van der Waals surface area contributed by atoms with Crippen molar-refractivity contribution in [3.63, 3.8) is 0 Å². The summed E-state index contributed by atoms with van der Waals surface area (Å²) >= 11 is 0. The standard InChI is InChI=1S/C29H33N3O6/c1-20-6-3-4-8-25(20)30-29(34)32(16-23-7-5-13-35-23)18-28(33)31(17-24-11-9-21(2)38-24)15-22-10-12-26-27(14-22)37-19-36-26/h3-4,6,8-12,14,23H,5,7,13,15-19H2,1-2H3,(H,30,34). The zero-order chi connectivity index (χ0) is 26.5. The molecule has 0 saturated carbocycles. The van der Waals surface area contributed by atoms with E-state index in [9.17, 15) is 9.59 Å². The van der Waals surface area contributed by atoms with Gasteiger partial charge in [-0.15, -0.1) is 0 Å². The van der Waals surface area contributed by atoms with Crippen LogP contribution in [0.3, 0.4) is 0 Å². The third-order valence-corrected chi connectivity index (χ3v) is 6.75. The van der Waals surface area contributed by atoms with Gasteiger partial charge in [0.05, 0.1) is 12.6 Å². The molecular formula is C29H33N3O6. The Kier molecular flexibility index (Phi) is 7.83. The predicted octanol–water partition coefficient (Wildman–Crippen LogP) is 4.87. The number of benzene rings is 2. The number of urea groups is 1. The number of fused-ring (bicyclic) bond motifs is 1. The Labute approximate surface area is 222 Å². The molecule has 200 valence electrons. The molecule has 0 spiro atoms. The van der Waals surface area contributed by atoms with Gasteiger partial charge < -0.3 is 33.7 Å². The van der Waals surface area contributed by atoms with Crippen LogP contribution in [0.15, 0.2) is 59.0 Å². The van der Waals surface area contributed by atoms with E-state index in [1.165, 1.54) is 0 Å². The predicted molar refractivity (Wildman–Crippen MR) is 141 cm³/mol. The summed E-state index contributed by atoms with van der Waals surface area (Å²) in [5, 5.41) is 2.97. The van der Waals surface area contributed by atoms with Gasteiger partial charge in [-0.05, 0) is 68.1 Å². The molecule has 1 N–H and O–H groups in total. The van der Waals surface area contributed by atoms with Gasteiger partial charge in [-0.3, -0.25) is 4.79 Å². The summed E-state index contributed by atoms with van der Waals surface area (Å²) in [7, 11) is 0. The van der Waals surface area contributed by atoms with Gasteiger partial charge >= 0.3 is 6.03 Å². The molecule has 0 aliphatic carbocycles. The molecule has 1 atom stereocenters. The maximum absolute atomic E-state index is 13.8. The number of nitrogens with zero attached hydrogens (tertiary/aromatic N) is 2.